The number of esters is 1. The summed E-state index contributed by atoms with van der Waals surface area (Å²) in [6.45, 7) is 5.82. The Labute approximate surface area is 125 Å². The molecule has 0 aliphatic heterocycles. The molecule has 0 aliphatic carbocycles. The fourth-order valence-electron chi connectivity index (χ4n) is 1.75. The van der Waals surface area contributed by atoms with E-state index >= 15 is 0 Å². The minimum absolute atomic E-state index is 0.306. The number of benzene rings is 1. The lowest BCUT2D eigenvalue weighted by Crippen LogP contribution is -2.10. The van der Waals surface area contributed by atoms with E-state index in [0.29, 0.717) is 24.1 Å². The molecule has 0 aromatic heterocycles. The molecule has 0 amide bonds. The maximum Gasteiger partial charge on any atom is 0.361 e. The van der Waals surface area contributed by atoms with Crippen LogP contribution in [0.25, 0.3) is 6.08 Å². The lowest BCUT2D eigenvalue weighted by molar-refractivity contribution is -0.135. The zero-order valence-corrected chi connectivity index (χ0v) is 13.7. The average Bonchev–Trinajstić information content (AvgIpc) is 2.47. The van der Waals surface area contributed by atoms with Gasteiger partial charge in [0.1, 0.15) is 0 Å². The van der Waals surface area contributed by atoms with Crippen molar-refractivity contribution >= 4 is 24.9 Å². The van der Waals surface area contributed by atoms with Crippen molar-refractivity contribution in [3.8, 4) is 0 Å². The van der Waals surface area contributed by atoms with E-state index in [1.807, 2.05) is 0 Å². The van der Waals surface area contributed by atoms with Gasteiger partial charge in [-0.05, 0) is 44.5 Å². The second-order valence-corrected chi connectivity index (χ2v) is 6.27. The van der Waals surface area contributed by atoms with Crippen LogP contribution >= 0.6 is 7.60 Å². The summed E-state index contributed by atoms with van der Waals surface area (Å²) in [6, 6.07) is 6.88. The molecule has 0 fully saturated rings. The molecule has 0 heterocycles. The van der Waals surface area contributed by atoms with E-state index in [2.05, 4.69) is 4.74 Å². The van der Waals surface area contributed by atoms with Gasteiger partial charge in [0.2, 0.25) is 0 Å². The molecule has 116 valence electrons. The van der Waals surface area contributed by atoms with Gasteiger partial charge in [-0.2, -0.15) is 0 Å². The molecule has 0 saturated carbocycles. The first-order chi connectivity index (χ1) is 9.96. The number of rotatable bonds is 7. The van der Waals surface area contributed by atoms with Crippen LogP contribution in [0.4, 0.5) is 0 Å². The van der Waals surface area contributed by atoms with Gasteiger partial charge in [-0.15, -0.1) is 0 Å². The summed E-state index contributed by atoms with van der Waals surface area (Å²) < 4.78 is 27.8. The molecular weight excluding hydrogens is 291 g/mol. The molecule has 0 unspecified atom stereocenters. The normalized spacial score (nSPS) is 12.3. The molecule has 0 radical (unpaired) electrons. The average molecular weight is 312 g/mol. The Bertz CT molecular complexity index is 538. The third-order valence-corrected chi connectivity index (χ3v) is 4.82. The van der Waals surface area contributed by atoms with E-state index in [4.69, 9.17) is 9.05 Å². The molecule has 0 bridgehead atoms. The van der Waals surface area contributed by atoms with E-state index in [1.54, 1.807) is 51.1 Å². The lowest BCUT2D eigenvalue weighted by atomic mass is 10.1. The monoisotopic (exact) mass is 312 g/mol. The summed E-state index contributed by atoms with van der Waals surface area (Å²) in [5, 5.41) is 0.499. The predicted octanol–water partition coefficient (Wildman–Crippen LogP) is 3.15. The Balaban J connectivity index is 3.01. The maximum atomic E-state index is 12.6. The maximum absolute atomic E-state index is 12.6. The largest absolute Gasteiger partial charge is 0.466 e. The fourth-order valence-corrected chi connectivity index (χ4v) is 3.32. The Hall–Kier alpha value is -1.42. The summed E-state index contributed by atoms with van der Waals surface area (Å²) in [5.41, 5.74) is 1.30. The van der Waals surface area contributed by atoms with Gasteiger partial charge in [-0.3, -0.25) is 4.57 Å². The van der Waals surface area contributed by atoms with Crippen molar-refractivity contribution in [2.24, 2.45) is 0 Å². The first-order valence-electron chi connectivity index (χ1n) is 6.73. The highest BCUT2D eigenvalue weighted by Gasteiger charge is 2.26. The topological polar surface area (TPSA) is 61.8 Å². The summed E-state index contributed by atoms with van der Waals surface area (Å²) >= 11 is 0. The summed E-state index contributed by atoms with van der Waals surface area (Å²) in [4.78, 5) is 11.3. The van der Waals surface area contributed by atoms with Crippen LogP contribution in [0.2, 0.25) is 0 Å². The van der Waals surface area contributed by atoms with Crippen molar-refractivity contribution in [1.82, 2.24) is 0 Å². The number of carbonyl (C=O) groups is 1. The smallest absolute Gasteiger partial charge is 0.361 e. The van der Waals surface area contributed by atoms with Gasteiger partial charge in [-0.1, -0.05) is 12.1 Å². The Morgan fingerprint density at radius 3 is 2.10 bits per heavy atom. The van der Waals surface area contributed by atoms with E-state index in [1.165, 1.54) is 7.11 Å². The van der Waals surface area contributed by atoms with Crippen molar-refractivity contribution in [1.29, 1.82) is 0 Å². The van der Waals surface area contributed by atoms with E-state index in [9.17, 15) is 9.36 Å². The zero-order valence-electron chi connectivity index (χ0n) is 12.8. The zero-order chi connectivity index (χ0) is 15.9. The van der Waals surface area contributed by atoms with Gasteiger partial charge in [0, 0.05) is 5.57 Å². The van der Waals surface area contributed by atoms with Crippen LogP contribution in [0.1, 0.15) is 26.3 Å². The molecule has 21 heavy (non-hydrogen) atoms. The van der Waals surface area contributed by atoms with Crippen LogP contribution in [-0.4, -0.2) is 26.3 Å². The van der Waals surface area contributed by atoms with Crippen molar-refractivity contribution in [2.75, 3.05) is 20.3 Å². The summed E-state index contributed by atoms with van der Waals surface area (Å²) in [6.07, 6.45) is 1.70. The van der Waals surface area contributed by atoms with Crippen LogP contribution in [0, 0.1) is 0 Å². The highest BCUT2D eigenvalue weighted by atomic mass is 31.2. The van der Waals surface area contributed by atoms with Crippen molar-refractivity contribution in [3.05, 3.63) is 35.4 Å². The first kappa shape index (κ1) is 17.6. The van der Waals surface area contributed by atoms with E-state index in [0.717, 1.165) is 5.56 Å². The van der Waals surface area contributed by atoms with Crippen molar-refractivity contribution in [2.45, 2.75) is 20.8 Å². The molecule has 0 N–H and O–H groups in total. The molecule has 0 saturated heterocycles. The summed E-state index contributed by atoms with van der Waals surface area (Å²) in [7, 11) is -1.93. The minimum atomic E-state index is -3.26. The molecule has 1 rings (SSSR count). The number of methoxy groups -OCH3 is 1. The summed E-state index contributed by atoms with van der Waals surface area (Å²) in [5.74, 6) is -0.381. The van der Waals surface area contributed by atoms with Gasteiger partial charge in [0.05, 0.1) is 25.6 Å². The number of carbonyl (C=O) groups excluding carboxylic acids is 1. The highest BCUT2D eigenvalue weighted by molar-refractivity contribution is 7.62. The molecule has 1 aromatic carbocycles. The molecule has 6 heteroatoms. The number of hydrogen-bond acceptors (Lipinski definition) is 5. The third-order valence-electron chi connectivity index (χ3n) is 2.70. The Kier molecular flexibility index (Phi) is 6.82. The molecule has 5 nitrogen and oxygen atoms in total. The molecule has 0 spiro atoms. The van der Waals surface area contributed by atoms with Gasteiger partial charge in [0.15, 0.2) is 0 Å². The standard InChI is InChI=1S/C15H21O5P/c1-5-19-21(17,20-6-2)14-9-7-13(8-10-14)11-12(3)15(16)18-4/h7-11H,5-6H2,1-4H3. The minimum Gasteiger partial charge on any atom is -0.466 e. The van der Waals surface area contributed by atoms with Crippen LogP contribution in [0.5, 0.6) is 0 Å². The van der Waals surface area contributed by atoms with Crippen LogP contribution in [0.15, 0.2) is 29.8 Å². The number of ether oxygens (including phenoxy) is 1. The van der Waals surface area contributed by atoms with Crippen molar-refractivity contribution in [3.63, 3.8) is 0 Å². The van der Waals surface area contributed by atoms with Crippen LogP contribution in [0.3, 0.4) is 0 Å². The van der Waals surface area contributed by atoms with Crippen LogP contribution in [-0.2, 0) is 23.1 Å². The quantitative estimate of drug-likeness (QED) is 0.440. The van der Waals surface area contributed by atoms with Gasteiger partial charge < -0.3 is 13.8 Å². The van der Waals surface area contributed by atoms with Crippen molar-refractivity contribution < 1.29 is 23.1 Å². The number of hydrogen-bond donors (Lipinski definition) is 0. The van der Waals surface area contributed by atoms with Gasteiger partial charge >= 0.3 is 13.6 Å². The van der Waals surface area contributed by atoms with Gasteiger partial charge in [-0.25, -0.2) is 4.79 Å². The van der Waals surface area contributed by atoms with Gasteiger partial charge in [0.25, 0.3) is 0 Å². The molecule has 0 aliphatic rings. The van der Waals surface area contributed by atoms with E-state index < -0.39 is 7.60 Å². The van der Waals surface area contributed by atoms with E-state index in [-0.39, 0.29) is 5.97 Å². The predicted molar refractivity (Wildman–Crippen MR) is 82.6 cm³/mol. The fraction of sp³-hybridized carbons (Fsp3) is 0.400. The molecule has 1 aromatic rings. The Morgan fingerprint density at radius 1 is 1.14 bits per heavy atom. The SMILES string of the molecule is CCOP(=O)(OCC)c1ccc(C=C(C)C(=O)OC)cc1. The van der Waals surface area contributed by atoms with Crippen LogP contribution < -0.4 is 5.30 Å². The second kappa shape index (κ2) is 8.13. The second-order valence-electron chi connectivity index (χ2n) is 4.24. The lowest BCUT2D eigenvalue weighted by Gasteiger charge is -2.17. The Morgan fingerprint density at radius 2 is 1.67 bits per heavy atom. The molecular formula is C15H21O5P. The molecule has 0 atom stereocenters. The highest BCUT2D eigenvalue weighted by Crippen LogP contribution is 2.46. The first-order valence-corrected chi connectivity index (χ1v) is 8.27. The third kappa shape index (κ3) is 4.81.